The van der Waals surface area contributed by atoms with E-state index in [1.807, 2.05) is 64.1 Å². The average Bonchev–Trinajstić information content (AvgIpc) is 2.49. The number of aliphatic hydroxyl groups is 1. The molecule has 0 radical (unpaired) electrons. The van der Waals surface area contributed by atoms with Crippen molar-refractivity contribution in [2.45, 2.75) is 122 Å². The van der Waals surface area contributed by atoms with Crippen molar-refractivity contribution in [3.63, 3.8) is 0 Å². The Kier molecular flexibility index (Phi) is 20.6. The van der Waals surface area contributed by atoms with Crippen LogP contribution in [0.1, 0.15) is 117 Å². The minimum atomic E-state index is -0.443. The SMILES string of the molecule is C#C.CC(C)CC(=O)N1CC[C@@H](O)C1.Cc1c(F)cc(N)c(C=N)c1-c1c(C2CC2)cc2c(N3C[C@@H]4C[C@H]3CN4)nc(OC3CCOCC3)nc2c1OCc1ccc(/C(N)=C/NN)cc1.Cc1ncsc1-c1ccc([C@H](C)NC=O)c(O)c1. The highest BCUT2D eigenvalue weighted by atomic mass is 32.1. The maximum atomic E-state index is 15.6. The van der Waals surface area contributed by atoms with E-state index < -0.39 is 5.82 Å². The highest BCUT2D eigenvalue weighted by Gasteiger charge is 2.41. The number of benzene rings is 4. The molecule has 12 N–H and O–H groups in total. The molecular formula is C62H77FN12O7S. The van der Waals surface area contributed by atoms with Crippen LogP contribution in [0.5, 0.6) is 17.5 Å². The van der Waals surface area contributed by atoms with Crippen molar-refractivity contribution in [2.75, 3.05) is 50.0 Å². The van der Waals surface area contributed by atoms with Gasteiger partial charge in [0.2, 0.25) is 12.3 Å². The number of terminal acetylenes is 1. The van der Waals surface area contributed by atoms with Gasteiger partial charge in [-0.15, -0.1) is 24.2 Å². The predicted molar refractivity (Wildman–Crippen MR) is 324 cm³/mol. The quantitative estimate of drug-likeness (QED) is 0.0104. The summed E-state index contributed by atoms with van der Waals surface area (Å²) in [4.78, 5) is 41.4. The van der Waals surface area contributed by atoms with Crippen molar-refractivity contribution in [2.24, 2.45) is 17.5 Å². The number of aryl methyl sites for hydroxylation is 1. The molecular weight excluding hydrogens is 1080 g/mol. The minimum Gasteiger partial charge on any atom is -0.508 e. The number of hydrogen-bond acceptors (Lipinski definition) is 18. The number of nitrogens with one attached hydrogen (secondary N) is 4. The van der Waals surface area contributed by atoms with Crippen molar-refractivity contribution in [3.05, 3.63) is 111 Å². The summed E-state index contributed by atoms with van der Waals surface area (Å²) in [6, 6.07) is 17.4. The van der Waals surface area contributed by atoms with E-state index in [2.05, 4.69) is 44.9 Å². The number of aromatic nitrogens is 3. The molecule has 11 rings (SSSR count). The number of halogens is 1. The molecule has 2 amide bonds. The summed E-state index contributed by atoms with van der Waals surface area (Å²) < 4.78 is 34.6. The second kappa shape index (κ2) is 27.9. The van der Waals surface area contributed by atoms with Crippen molar-refractivity contribution < 1.29 is 38.4 Å². The third kappa shape index (κ3) is 14.5. The third-order valence-electron chi connectivity index (χ3n) is 15.5. The van der Waals surface area contributed by atoms with Crippen LogP contribution in [0.4, 0.5) is 15.9 Å². The fraction of sp³-hybridized carbons (Fsp3) is 0.419. The first-order valence-electron chi connectivity index (χ1n) is 28.1. The molecule has 0 spiro atoms. The number of phenols is 1. The number of nitrogens with two attached hydrogens (primary N) is 3. The molecule has 2 bridgehead atoms. The Morgan fingerprint density at radius 3 is 2.37 bits per heavy atom. The summed E-state index contributed by atoms with van der Waals surface area (Å²) in [5.41, 5.74) is 25.5. The first-order valence-corrected chi connectivity index (χ1v) is 29.0. The fourth-order valence-corrected chi connectivity index (χ4v) is 11.8. The zero-order valence-corrected chi connectivity index (χ0v) is 48.6. The summed E-state index contributed by atoms with van der Waals surface area (Å²) >= 11 is 1.54. The van der Waals surface area contributed by atoms with E-state index in [0.717, 1.165) is 102 Å². The fourth-order valence-electron chi connectivity index (χ4n) is 11.0. The number of amides is 2. The number of nitrogen functional groups attached to an aromatic ring is 1. The monoisotopic (exact) mass is 1150 g/mol. The van der Waals surface area contributed by atoms with Gasteiger partial charge in [-0.2, -0.15) is 9.97 Å². The maximum Gasteiger partial charge on any atom is 0.319 e. The van der Waals surface area contributed by atoms with Crippen LogP contribution in [0.3, 0.4) is 0 Å². The van der Waals surface area contributed by atoms with Gasteiger partial charge in [-0.25, -0.2) is 9.37 Å². The number of carbonyl (C=O) groups is 2. The van der Waals surface area contributed by atoms with Crippen LogP contribution >= 0.6 is 11.3 Å². The van der Waals surface area contributed by atoms with Crippen molar-refractivity contribution in [1.82, 2.24) is 35.9 Å². The lowest BCUT2D eigenvalue weighted by Gasteiger charge is -2.31. The molecule has 4 atom stereocenters. The summed E-state index contributed by atoms with van der Waals surface area (Å²) in [7, 11) is 0. The lowest BCUT2D eigenvalue weighted by molar-refractivity contribution is -0.131. The zero-order chi connectivity index (χ0) is 59.5. The molecule has 4 aliphatic heterocycles. The van der Waals surface area contributed by atoms with Gasteiger partial charge < -0.3 is 67.2 Å². The summed E-state index contributed by atoms with van der Waals surface area (Å²) in [5, 5.41) is 34.7. The normalized spacial score (nSPS) is 18.7. The van der Waals surface area contributed by atoms with E-state index in [4.69, 9.17) is 46.9 Å². The third-order valence-corrected chi connectivity index (χ3v) is 16.5. The minimum absolute atomic E-state index is 0.0837. The number of hydrogen-bond donors (Lipinski definition) is 9. The van der Waals surface area contributed by atoms with E-state index in [1.54, 1.807) is 34.7 Å². The van der Waals surface area contributed by atoms with E-state index in [9.17, 15) is 19.8 Å². The van der Waals surface area contributed by atoms with Gasteiger partial charge in [0, 0.05) is 103 Å². The van der Waals surface area contributed by atoms with Gasteiger partial charge in [0.1, 0.15) is 35.6 Å². The number of likely N-dealkylation sites (tertiary alicyclic amines) is 1. The molecule has 4 aromatic carbocycles. The lowest BCUT2D eigenvalue weighted by atomic mass is 9.87. The van der Waals surface area contributed by atoms with Crippen LogP contribution in [-0.2, 0) is 20.9 Å². The Hall–Kier alpha value is -7.87. The number of β-amino-alcohol motifs (C(OH)–C–C–N with tert-alkyl or cyclic N) is 1. The molecule has 1 aliphatic carbocycles. The number of nitrogens with zero attached hydrogens (tertiary/aromatic N) is 5. The number of rotatable bonds is 17. The number of aromatic hydroxyl groups is 1. The number of fused-ring (bicyclic) bond motifs is 3. The van der Waals surface area contributed by atoms with E-state index in [1.165, 1.54) is 18.5 Å². The molecule has 6 heterocycles. The maximum absolute atomic E-state index is 15.6. The Bertz CT molecular complexity index is 3310. The van der Waals surface area contributed by atoms with E-state index in [-0.39, 0.29) is 54.1 Å². The predicted octanol–water partition coefficient (Wildman–Crippen LogP) is 8.12. The van der Waals surface area contributed by atoms with Gasteiger partial charge >= 0.3 is 6.01 Å². The Morgan fingerprint density at radius 1 is 1.04 bits per heavy atom. The van der Waals surface area contributed by atoms with Crippen LogP contribution in [0.15, 0.2) is 66.3 Å². The van der Waals surface area contributed by atoms with Gasteiger partial charge in [0.05, 0.1) is 47.1 Å². The Balaban J connectivity index is 0.000000229. The molecule has 5 aliphatic rings. The molecule has 21 heteroatoms. The largest absolute Gasteiger partial charge is 0.508 e. The number of thiazole rings is 1. The molecule has 2 aromatic heterocycles. The molecule has 4 saturated heterocycles. The lowest BCUT2D eigenvalue weighted by Crippen LogP contribution is -2.44. The Morgan fingerprint density at radius 2 is 1.78 bits per heavy atom. The second-order valence-corrected chi connectivity index (χ2v) is 22.8. The van der Waals surface area contributed by atoms with Crippen molar-refractivity contribution >= 4 is 58.0 Å². The summed E-state index contributed by atoms with van der Waals surface area (Å²) in [6.45, 7) is 13.9. The zero-order valence-electron chi connectivity index (χ0n) is 47.8. The number of piperazine rings is 1. The molecule has 440 valence electrons. The number of hydrazine groups is 1. The van der Waals surface area contributed by atoms with Crippen LogP contribution < -0.4 is 47.7 Å². The van der Waals surface area contributed by atoms with Gasteiger partial charge in [-0.05, 0) is 104 Å². The van der Waals surface area contributed by atoms with Crippen LogP contribution in [-0.4, -0.2) is 112 Å². The van der Waals surface area contributed by atoms with Crippen LogP contribution in [0.25, 0.3) is 38.2 Å². The van der Waals surface area contributed by atoms with Crippen LogP contribution in [0.2, 0.25) is 0 Å². The summed E-state index contributed by atoms with van der Waals surface area (Å²) in [6.07, 6.45) is 16.8. The highest BCUT2D eigenvalue weighted by Crippen LogP contribution is 2.53. The van der Waals surface area contributed by atoms with Gasteiger partial charge in [0.25, 0.3) is 0 Å². The smallest absolute Gasteiger partial charge is 0.319 e. The summed E-state index contributed by atoms with van der Waals surface area (Å²) in [5.74, 6) is 7.30. The first kappa shape index (κ1) is 61.2. The van der Waals surface area contributed by atoms with E-state index in [0.29, 0.717) is 95.4 Å². The van der Waals surface area contributed by atoms with Crippen molar-refractivity contribution in [3.8, 4) is 51.9 Å². The van der Waals surface area contributed by atoms with Gasteiger partial charge in [-0.3, -0.25) is 15.4 Å². The topological polar surface area (TPSA) is 285 Å². The average molecular weight is 1150 g/mol. The molecule has 1 saturated carbocycles. The number of aliphatic hydroxyl groups excluding tert-OH is 1. The first-order chi connectivity index (χ1) is 40.0. The molecule has 6 aromatic rings. The van der Waals surface area contributed by atoms with Crippen LogP contribution in [0, 0.1) is 43.8 Å². The second-order valence-electron chi connectivity index (χ2n) is 21.9. The van der Waals surface area contributed by atoms with E-state index >= 15 is 4.39 Å². The number of ether oxygens (including phenoxy) is 3. The molecule has 19 nitrogen and oxygen atoms in total. The number of anilines is 2. The highest BCUT2D eigenvalue weighted by molar-refractivity contribution is 7.13. The number of phenolic OH excluding ortho intramolecular Hbond substituents is 1. The molecule has 5 fully saturated rings. The number of carbonyl (C=O) groups excluding carboxylic acids is 2. The molecule has 83 heavy (non-hydrogen) atoms. The van der Waals surface area contributed by atoms with Gasteiger partial charge in [-0.1, -0.05) is 50.2 Å². The Labute approximate surface area is 488 Å². The standard InChI is InChI=1S/C38H44FN9O3.C13H14N2O2S.C9H17NO2.C2H2/c1-20-30(39)14-31(41)29(15-40)33(20)34-27(22-6-7-22)13-28-35(36(34)50-19-21-2-4-23(5-3-21)32(42)17-45-43)46-38(51-26-8-10-49-11-9-26)47-37(28)48-18-24-12-25(48)16-44-24;1-8(14-6-16)11-4-3-10(5-12(11)17)13-9(2)15-7-18-13;1-7(2)5-9(12)10-4-3-8(11)6-10;1-2/h2-5,13-15,17,22,24-26,40,44-45H,6-12,16,18-19,41-43H2,1H3;3-8,17H,1-2H3,(H,14,16);7-8,11H,3-6H2,1-2H3;1-2H/b32-17-,40-15?;;;/t24-,25-;2*8-;/m001./s1. The molecule has 0 unspecified atom stereocenters. The van der Waals surface area contributed by atoms with Gasteiger partial charge in [0.15, 0.2) is 5.75 Å². The van der Waals surface area contributed by atoms with Crippen molar-refractivity contribution in [1.29, 1.82) is 5.41 Å².